The molecule has 2 N–H and O–H groups in total. The Kier molecular flexibility index (Phi) is 5.72. The Balaban J connectivity index is 1.96. The SMILES string of the molecule is CC(C)CNCCNCC1CCS(=O)(=O)C1. The Morgan fingerprint density at radius 2 is 1.94 bits per heavy atom. The predicted molar refractivity (Wildman–Crippen MR) is 67.3 cm³/mol. The van der Waals surface area contributed by atoms with Gasteiger partial charge in [0, 0.05) is 13.1 Å². The van der Waals surface area contributed by atoms with E-state index >= 15 is 0 Å². The minimum absolute atomic E-state index is 0.329. The lowest BCUT2D eigenvalue weighted by Crippen LogP contribution is -2.32. The minimum Gasteiger partial charge on any atom is -0.315 e. The second kappa shape index (κ2) is 6.57. The highest BCUT2D eigenvalue weighted by atomic mass is 32.2. The Morgan fingerprint density at radius 1 is 1.25 bits per heavy atom. The van der Waals surface area contributed by atoms with Gasteiger partial charge in [-0.05, 0) is 31.3 Å². The normalized spacial score (nSPS) is 24.1. The number of nitrogens with one attached hydrogen (secondary N) is 2. The molecule has 0 aliphatic carbocycles. The molecule has 0 aromatic carbocycles. The third-order valence-corrected chi connectivity index (χ3v) is 4.63. The summed E-state index contributed by atoms with van der Waals surface area (Å²) in [6, 6.07) is 0. The standard InChI is InChI=1S/C11H24N2O2S/c1-10(2)7-12-4-5-13-8-11-3-6-16(14,15)9-11/h10-13H,3-9H2,1-2H3. The van der Waals surface area contributed by atoms with E-state index in [0.29, 0.717) is 23.3 Å². The van der Waals surface area contributed by atoms with Gasteiger partial charge in [0.1, 0.15) is 0 Å². The third kappa shape index (κ3) is 5.82. The lowest BCUT2D eigenvalue weighted by atomic mass is 10.1. The van der Waals surface area contributed by atoms with Gasteiger partial charge < -0.3 is 10.6 Å². The van der Waals surface area contributed by atoms with E-state index in [9.17, 15) is 8.42 Å². The van der Waals surface area contributed by atoms with Gasteiger partial charge in [-0.1, -0.05) is 13.8 Å². The first-order valence-electron chi connectivity index (χ1n) is 6.11. The van der Waals surface area contributed by atoms with Crippen molar-refractivity contribution in [3.05, 3.63) is 0 Å². The van der Waals surface area contributed by atoms with Gasteiger partial charge in [-0.2, -0.15) is 0 Å². The average Bonchev–Trinajstić information content (AvgIpc) is 2.51. The van der Waals surface area contributed by atoms with Gasteiger partial charge in [0.05, 0.1) is 11.5 Å². The maximum atomic E-state index is 11.2. The fourth-order valence-corrected chi connectivity index (χ4v) is 3.77. The molecule has 0 bridgehead atoms. The van der Waals surface area contributed by atoms with Crippen molar-refractivity contribution in [3.63, 3.8) is 0 Å². The first-order valence-corrected chi connectivity index (χ1v) is 7.93. The van der Waals surface area contributed by atoms with Gasteiger partial charge >= 0.3 is 0 Å². The van der Waals surface area contributed by atoms with Crippen LogP contribution < -0.4 is 10.6 Å². The summed E-state index contributed by atoms with van der Waals surface area (Å²) >= 11 is 0. The molecule has 0 radical (unpaired) electrons. The van der Waals surface area contributed by atoms with Crippen LogP contribution in [0.15, 0.2) is 0 Å². The fraction of sp³-hybridized carbons (Fsp3) is 1.00. The molecular weight excluding hydrogens is 224 g/mol. The molecule has 96 valence electrons. The zero-order valence-corrected chi connectivity index (χ0v) is 11.1. The molecule has 16 heavy (non-hydrogen) atoms. The van der Waals surface area contributed by atoms with Gasteiger partial charge in [0.2, 0.25) is 0 Å². The first-order chi connectivity index (χ1) is 7.49. The molecule has 5 heteroatoms. The van der Waals surface area contributed by atoms with Crippen LogP contribution in [-0.2, 0) is 9.84 Å². The fourth-order valence-electron chi connectivity index (χ4n) is 1.91. The van der Waals surface area contributed by atoms with E-state index in [1.807, 2.05) is 0 Å². The molecule has 1 fully saturated rings. The average molecular weight is 248 g/mol. The monoisotopic (exact) mass is 248 g/mol. The molecule has 1 saturated heterocycles. The Hall–Kier alpha value is -0.130. The van der Waals surface area contributed by atoms with Crippen molar-refractivity contribution in [2.45, 2.75) is 20.3 Å². The quantitative estimate of drug-likeness (QED) is 0.634. The minimum atomic E-state index is -2.71. The summed E-state index contributed by atoms with van der Waals surface area (Å²) in [5, 5.41) is 6.66. The van der Waals surface area contributed by atoms with Crippen LogP contribution in [0, 0.1) is 11.8 Å². The molecule has 1 heterocycles. The molecule has 1 atom stereocenters. The predicted octanol–water partition coefficient (Wildman–Crippen LogP) is 0.256. The molecule has 0 saturated carbocycles. The molecule has 4 nitrogen and oxygen atoms in total. The van der Waals surface area contributed by atoms with Crippen LogP contribution in [0.1, 0.15) is 20.3 Å². The number of hydrogen-bond donors (Lipinski definition) is 2. The molecule has 1 aliphatic rings. The van der Waals surface area contributed by atoms with Gasteiger partial charge in [0.25, 0.3) is 0 Å². The summed E-state index contributed by atoms with van der Waals surface area (Å²) in [5.41, 5.74) is 0. The zero-order valence-electron chi connectivity index (χ0n) is 10.3. The van der Waals surface area contributed by atoms with Crippen molar-refractivity contribution >= 4 is 9.84 Å². The zero-order chi connectivity index (χ0) is 12.0. The highest BCUT2D eigenvalue weighted by Gasteiger charge is 2.27. The van der Waals surface area contributed by atoms with Crippen molar-refractivity contribution in [2.24, 2.45) is 11.8 Å². The van der Waals surface area contributed by atoms with Crippen LogP contribution >= 0.6 is 0 Å². The summed E-state index contributed by atoms with van der Waals surface area (Å²) in [6.45, 7) is 8.12. The van der Waals surface area contributed by atoms with Crippen LogP contribution in [0.25, 0.3) is 0 Å². The van der Waals surface area contributed by atoms with E-state index in [0.717, 1.165) is 32.6 Å². The van der Waals surface area contributed by atoms with Crippen LogP contribution in [0.2, 0.25) is 0 Å². The smallest absolute Gasteiger partial charge is 0.150 e. The second-order valence-electron chi connectivity index (χ2n) is 5.07. The van der Waals surface area contributed by atoms with Crippen molar-refractivity contribution < 1.29 is 8.42 Å². The van der Waals surface area contributed by atoms with Gasteiger partial charge in [-0.15, -0.1) is 0 Å². The topological polar surface area (TPSA) is 58.2 Å². The Morgan fingerprint density at radius 3 is 2.50 bits per heavy atom. The van der Waals surface area contributed by atoms with Crippen molar-refractivity contribution in [3.8, 4) is 0 Å². The highest BCUT2D eigenvalue weighted by molar-refractivity contribution is 7.91. The maximum Gasteiger partial charge on any atom is 0.150 e. The van der Waals surface area contributed by atoms with E-state index < -0.39 is 9.84 Å². The summed E-state index contributed by atoms with van der Waals surface area (Å²) < 4.78 is 22.4. The molecule has 0 spiro atoms. The van der Waals surface area contributed by atoms with Crippen LogP contribution in [0.3, 0.4) is 0 Å². The van der Waals surface area contributed by atoms with Crippen LogP contribution in [-0.4, -0.2) is 46.1 Å². The van der Waals surface area contributed by atoms with Gasteiger partial charge in [-0.3, -0.25) is 0 Å². The molecule has 1 unspecified atom stereocenters. The van der Waals surface area contributed by atoms with Gasteiger partial charge in [0.15, 0.2) is 9.84 Å². The summed E-state index contributed by atoms with van der Waals surface area (Å²) in [4.78, 5) is 0. The number of rotatable bonds is 7. The summed E-state index contributed by atoms with van der Waals surface area (Å²) in [5.74, 6) is 1.76. The number of hydrogen-bond acceptors (Lipinski definition) is 4. The molecular formula is C11H24N2O2S. The van der Waals surface area contributed by atoms with Crippen molar-refractivity contribution in [1.82, 2.24) is 10.6 Å². The lowest BCUT2D eigenvalue weighted by molar-refractivity contribution is 0.495. The lowest BCUT2D eigenvalue weighted by Gasteiger charge is -2.11. The maximum absolute atomic E-state index is 11.2. The Labute approximate surface area is 99.1 Å². The molecule has 0 aromatic heterocycles. The molecule has 1 rings (SSSR count). The van der Waals surface area contributed by atoms with Gasteiger partial charge in [-0.25, -0.2) is 8.42 Å². The van der Waals surface area contributed by atoms with E-state index in [4.69, 9.17) is 0 Å². The van der Waals surface area contributed by atoms with Crippen molar-refractivity contribution in [1.29, 1.82) is 0 Å². The summed E-state index contributed by atoms with van der Waals surface area (Å²) in [6.07, 6.45) is 0.828. The highest BCUT2D eigenvalue weighted by Crippen LogP contribution is 2.16. The van der Waals surface area contributed by atoms with Crippen molar-refractivity contribution in [2.75, 3.05) is 37.7 Å². The van der Waals surface area contributed by atoms with Crippen LogP contribution in [0.5, 0.6) is 0 Å². The van der Waals surface area contributed by atoms with E-state index in [-0.39, 0.29) is 0 Å². The van der Waals surface area contributed by atoms with Crippen LogP contribution in [0.4, 0.5) is 0 Å². The van der Waals surface area contributed by atoms with E-state index in [1.54, 1.807) is 0 Å². The molecule has 1 aliphatic heterocycles. The third-order valence-electron chi connectivity index (χ3n) is 2.79. The first kappa shape index (κ1) is 13.9. The Bertz CT molecular complexity index is 288. The number of sulfone groups is 1. The summed E-state index contributed by atoms with van der Waals surface area (Å²) in [7, 11) is -2.71. The molecule has 0 aromatic rings. The molecule has 0 amide bonds. The largest absolute Gasteiger partial charge is 0.315 e. The van der Waals surface area contributed by atoms with E-state index in [1.165, 1.54) is 0 Å². The van der Waals surface area contributed by atoms with E-state index in [2.05, 4.69) is 24.5 Å². The second-order valence-corrected chi connectivity index (χ2v) is 7.30.